The number of amides is 1. The molecule has 0 aliphatic carbocycles. The summed E-state index contributed by atoms with van der Waals surface area (Å²) in [6, 6.07) is 13.0. The van der Waals surface area contributed by atoms with E-state index >= 15 is 0 Å². The maximum absolute atomic E-state index is 12.4. The van der Waals surface area contributed by atoms with Gasteiger partial charge in [-0.3, -0.25) is 0 Å². The normalized spacial score (nSPS) is 16.4. The predicted molar refractivity (Wildman–Crippen MR) is 90.1 cm³/mol. The molecule has 0 saturated carbocycles. The molecule has 0 aromatic heterocycles. The molecule has 0 saturated heterocycles. The van der Waals surface area contributed by atoms with Crippen LogP contribution in [0.4, 0.5) is 4.79 Å². The third-order valence-electron chi connectivity index (χ3n) is 4.42. The Bertz CT molecular complexity index is 730. The van der Waals surface area contributed by atoms with Gasteiger partial charge in [0.05, 0.1) is 13.2 Å². The number of carbonyl (C=O) groups excluding carboxylic acids is 1. The molecule has 126 valence electrons. The minimum atomic E-state index is -0.330. The summed E-state index contributed by atoms with van der Waals surface area (Å²) in [4.78, 5) is 14.1. The van der Waals surface area contributed by atoms with Crippen LogP contribution < -0.4 is 4.74 Å². The van der Waals surface area contributed by atoms with Crippen molar-refractivity contribution in [1.82, 2.24) is 4.90 Å². The van der Waals surface area contributed by atoms with Gasteiger partial charge in [-0.1, -0.05) is 30.3 Å². The van der Waals surface area contributed by atoms with Crippen molar-refractivity contribution in [2.24, 2.45) is 0 Å². The number of aromatic hydroxyl groups is 1. The summed E-state index contributed by atoms with van der Waals surface area (Å²) in [5.41, 5.74) is 2.97. The largest absolute Gasteiger partial charge is 0.504 e. The number of rotatable bonds is 3. The Morgan fingerprint density at radius 3 is 2.75 bits per heavy atom. The summed E-state index contributed by atoms with van der Waals surface area (Å²) >= 11 is 0. The average Bonchev–Trinajstić information content (AvgIpc) is 2.60. The topological polar surface area (TPSA) is 59.0 Å². The van der Waals surface area contributed by atoms with Crippen molar-refractivity contribution in [3.63, 3.8) is 0 Å². The number of benzene rings is 2. The molecule has 1 amide bonds. The number of phenolic OH excluding ortho intramolecular Hbond substituents is 1. The number of hydrogen-bond donors (Lipinski definition) is 1. The zero-order valence-electron chi connectivity index (χ0n) is 13.9. The van der Waals surface area contributed by atoms with Gasteiger partial charge in [-0.15, -0.1) is 0 Å². The highest BCUT2D eigenvalue weighted by atomic mass is 16.6. The van der Waals surface area contributed by atoms with Gasteiger partial charge in [0.15, 0.2) is 11.5 Å². The fourth-order valence-electron chi connectivity index (χ4n) is 3.05. The van der Waals surface area contributed by atoms with E-state index in [1.165, 1.54) is 7.11 Å². The number of phenols is 1. The van der Waals surface area contributed by atoms with Crippen molar-refractivity contribution >= 4 is 6.09 Å². The summed E-state index contributed by atoms with van der Waals surface area (Å²) in [6.07, 6.45) is 0.349. The summed E-state index contributed by atoms with van der Waals surface area (Å²) in [6.45, 7) is 2.78. The fourth-order valence-corrected chi connectivity index (χ4v) is 3.05. The lowest BCUT2D eigenvalue weighted by Crippen LogP contribution is -2.39. The zero-order chi connectivity index (χ0) is 17.1. The van der Waals surface area contributed by atoms with Crippen LogP contribution in [-0.2, 0) is 17.8 Å². The van der Waals surface area contributed by atoms with Gasteiger partial charge >= 0.3 is 6.09 Å². The van der Waals surface area contributed by atoms with Crippen LogP contribution >= 0.6 is 0 Å². The zero-order valence-corrected chi connectivity index (χ0v) is 13.9. The van der Waals surface area contributed by atoms with Crippen LogP contribution in [0.1, 0.15) is 29.7 Å². The first-order valence-corrected chi connectivity index (χ1v) is 7.97. The molecule has 5 nitrogen and oxygen atoms in total. The average molecular weight is 327 g/mol. The van der Waals surface area contributed by atoms with Gasteiger partial charge in [0.2, 0.25) is 0 Å². The summed E-state index contributed by atoms with van der Waals surface area (Å²) < 4.78 is 10.6. The van der Waals surface area contributed by atoms with Gasteiger partial charge in [-0.05, 0) is 42.2 Å². The monoisotopic (exact) mass is 327 g/mol. The van der Waals surface area contributed by atoms with Gasteiger partial charge in [0.25, 0.3) is 0 Å². The minimum absolute atomic E-state index is 0.128. The Hall–Kier alpha value is -2.69. The van der Waals surface area contributed by atoms with E-state index < -0.39 is 0 Å². The van der Waals surface area contributed by atoms with Crippen LogP contribution in [0.2, 0.25) is 0 Å². The second kappa shape index (κ2) is 6.83. The molecule has 1 N–H and O–H groups in total. The fraction of sp³-hybridized carbons (Fsp3) is 0.316. The van der Waals surface area contributed by atoms with Gasteiger partial charge in [0, 0.05) is 6.54 Å². The molecule has 24 heavy (non-hydrogen) atoms. The van der Waals surface area contributed by atoms with E-state index in [0.717, 1.165) is 16.7 Å². The molecule has 0 bridgehead atoms. The van der Waals surface area contributed by atoms with Crippen LogP contribution in [-0.4, -0.2) is 29.8 Å². The predicted octanol–water partition coefficient (Wildman–Crippen LogP) is 3.66. The Morgan fingerprint density at radius 1 is 1.29 bits per heavy atom. The molecule has 1 unspecified atom stereocenters. The number of fused-ring (bicyclic) bond motifs is 1. The molecule has 0 spiro atoms. The Balaban J connectivity index is 1.73. The van der Waals surface area contributed by atoms with E-state index in [0.29, 0.717) is 18.7 Å². The quantitative estimate of drug-likeness (QED) is 0.935. The van der Waals surface area contributed by atoms with Crippen molar-refractivity contribution in [1.29, 1.82) is 0 Å². The van der Waals surface area contributed by atoms with Crippen molar-refractivity contribution in [3.8, 4) is 11.5 Å². The number of ether oxygens (including phenoxy) is 2. The first-order valence-electron chi connectivity index (χ1n) is 7.97. The van der Waals surface area contributed by atoms with Crippen LogP contribution in [0.3, 0.4) is 0 Å². The third kappa shape index (κ3) is 3.15. The van der Waals surface area contributed by atoms with Gasteiger partial charge in [0.1, 0.15) is 6.61 Å². The molecule has 1 heterocycles. The molecule has 3 rings (SSSR count). The van der Waals surface area contributed by atoms with Gasteiger partial charge < -0.3 is 19.5 Å². The standard InChI is InChI=1S/C19H21NO4/c1-13-16-11-18(23-2)17(21)10-15(16)8-9-20(13)19(22)24-12-14-6-4-3-5-7-14/h3-7,10-11,13,21H,8-9,12H2,1-2H3. The molecule has 0 radical (unpaired) electrons. The second-order valence-corrected chi connectivity index (χ2v) is 5.88. The van der Waals surface area contributed by atoms with E-state index in [2.05, 4.69) is 0 Å². The Kier molecular flexibility index (Phi) is 4.60. The molecular formula is C19H21NO4. The molecular weight excluding hydrogens is 306 g/mol. The first-order chi connectivity index (χ1) is 11.6. The minimum Gasteiger partial charge on any atom is -0.504 e. The highest BCUT2D eigenvalue weighted by Gasteiger charge is 2.29. The van der Waals surface area contributed by atoms with Crippen molar-refractivity contribution in [3.05, 3.63) is 59.2 Å². The van der Waals surface area contributed by atoms with Crippen molar-refractivity contribution in [2.75, 3.05) is 13.7 Å². The number of carbonyl (C=O) groups is 1. The van der Waals surface area contributed by atoms with E-state index in [9.17, 15) is 9.90 Å². The molecule has 1 aliphatic rings. The lowest BCUT2D eigenvalue weighted by atomic mass is 9.93. The molecule has 2 aromatic carbocycles. The van der Waals surface area contributed by atoms with E-state index in [-0.39, 0.29) is 24.5 Å². The second-order valence-electron chi connectivity index (χ2n) is 5.88. The third-order valence-corrected chi connectivity index (χ3v) is 4.42. The Morgan fingerprint density at radius 2 is 2.04 bits per heavy atom. The van der Waals surface area contributed by atoms with Gasteiger partial charge in [-0.25, -0.2) is 4.79 Å². The van der Waals surface area contributed by atoms with E-state index in [4.69, 9.17) is 9.47 Å². The molecule has 1 aliphatic heterocycles. The highest BCUT2D eigenvalue weighted by Crippen LogP contribution is 2.37. The Labute approximate surface area is 141 Å². The number of hydrogen-bond acceptors (Lipinski definition) is 4. The summed E-state index contributed by atoms with van der Waals surface area (Å²) in [5.74, 6) is 0.545. The van der Waals surface area contributed by atoms with Crippen LogP contribution in [0.15, 0.2) is 42.5 Å². The number of methoxy groups -OCH3 is 1. The first kappa shape index (κ1) is 16.2. The molecule has 2 aromatic rings. The van der Waals surface area contributed by atoms with Gasteiger partial charge in [-0.2, -0.15) is 0 Å². The van der Waals surface area contributed by atoms with Crippen molar-refractivity contribution < 1.29 is 19.4 Å². The van der Waals surface area contributed by atoms with E-state index in [1.54, 1.807) is 17.0 Å². The van der Waals surface area contributed by atoms with Crippen LogP contribution in [0.25, 0.3) is 0 Å². The maximum atomic E-state index is 12.4. The SMILES string of the molecule is COc1cc2c(cc1O)CCN(C(=O)OCc1ccccc1)C2C. The van der Waals surface area contributed by atoms with Crippen molar-refractivity contribution in [2.45, 2.75) is 26.0 Å². The van der Waals surface area contributed by atoms with Crippen LogP contribution in [0.5, 0.6) is 11.5 Å². The molecule has 5 heteroatoms. The molecule has 1 atom stereocenters. The summed E-state index contributed by atoms with van der Waals surface area (Å²) in [7, 11) is 1.51. The molecule has 0 fully saturated rings. The lowest BCUT2D eigenvalue weighted by Gasteiger charge is -2.34. The highest BCUT2D eigenvalue weighted by molar-refractivity contribution is 5.69. The van der Waals surface area contributed by atoms with Crippen LogP contribution in [0, 0.1) is 0 Å². The lowest BCUT2D eigenvalue weighted by molar-refractivity contribution is 0.0802. The number of nitrogens with zero attached hydrogens (tertiary/aromatic N) is 1. The van der Waals surface area contributed by atoms with E-state index in [1.807, 2.05) is 37.3 Å². The smallest absolute Gasteiger partial charge is 0.410 e. The summed E-state index contributed by atoms with van der Waals surface area (Å²) in [5, 5.41) is 9.91. The maximum Gasteiger partial charge on any atom is 0.410 e.